The molecule has 3 aromatic carbocycles. The molecule has 0 atom stereocenters. The van der Waals surface area contributed by atoms with E-state index < -0.39 is 20.0 Å². The number of alkyl halides is 3. The Kier molecular flexibility index (Phi) is 4.30. The number of hydrogen-bond donors (Lipinski definition) is 1. The van der Waals surface area contributed by atoms with Crippen molar-refractivity contribution in [1.29, 1.82) is 0 Å². The first kappa shape index (κ1) is 16.5. The molecule has 0 saturated carbocycles. The van der Waals surface area contributed by atoms with Crippen LogP contribution >= 0.6 is 0 Å². The topological polar surface area (TPSA) is 26.0 Å². The van der Waals surface area contributed by atoms with Gasteiger partial charge in [-0.25, -0.2) is 0 Å². The predicted octanol–water partition coefficient (Wildman–Crippen LogP) is 2.63. The number of rotatable bonds is 3. The third-order valence-electron chi connectivity index (χ3n) is 4.13. The molecule has 2 N–H and O–H groups in total. The Labute approximate surface area is 139 Å². The van der Waals surface area contributed by atoms with Gasteiger partial charge in [0.05, 0.1) is 5.56 Å². The summed E-state index contributed by atoms with van der Waals surface area (Å²) in [6.45, 7) is 0. The summed E-state index contributed by atoms with van der Waals surface area (Å²) in [5, 5.41) is 9.53. The van der Waals surface area contributed by atoms with Gasteiger partial charge in [-0.1, -0.05) is 84.9 Å². The molecule has 3 aromatic rings. The molecule has 0 aliphatic rings. The minimum atomic E-state index is -4.35. The van der Waals surface area contributed by atoms with Gasteiger partial charge in [-0.05, 0) is 15.6 Å². The Balaban J connectivity index is 2.16. The van der Waals surface area contributed by atoms with Crippen LogP contribution in [0.25, 0.3) is 0 Å². The molecular weight excluding hydrogens is 327 g/mol. The van der Waals surface area contributed by atoms with Gasteiger partial charge in [-0.2, -0.15) is 13.2 Å². The molecule has 0 fully saturated rings. The third kappa shape index (κ3) is 3.00. The Morgan fingerprint density at radius 2 is 0.958 bits per heavy atom. The van der Waals surface area contributed by atoms with Crippen LogP contribution in [0.5, 0.6) is 0 Å². The number of nitrogens with two attached hydrogens (primary N) is 1. The summed E-state index contributed by atoms with van der Waals surface area (Å²) in [4.78, 5) is 0. The van der Waals surface area contributed by atoms with Crippen LogP contribution in [-0.2, 0) is 6.18 Å². The maximum absolute atomic E-state index is 12.8. The van der Waals surface area contributed by atoms with Gasteiger partial charge in [-0.3, -0.25) is 0 Å². The van der Waals surface area contributed by atoms with Crippen LogP contribution in [0.15, 0.2) is 84.9 Å². The third-order valence-corrected chi connectivity index (χ3v) is 7.86. The molecule has 0 amide bonds. The van der Waals surface area contributed by atoms with Gasteiger partial charge < -0.3 is 5.40 Å². The molecule has 0 unspecified atom stereocenters. The molecular formula is C19H16F3NSi. The minimum absolute atomic E-state index is 0.663. The molecule has 3 rings (SSSR count). The lowest BCUT2D eigenvalue weighted by atomic mass is 10.2. The highest BCUT2D eigenvalue weighted by molar-refractivity contribution is 7.09. The SMILES string of the molecule is N[Si](c1ccccc1)(c1ccccc1)c1ccc(C(F)(F)F)cc1. The highest BCUT2D eigenvalue weighted by Crippen LogP contribution is 2.28. The smallest absolute Gasteiger partial charge is 0.340 e. The first-order chi connectivity index (χ1) is 11.4. The normalized spacial score (nSPS) is 12.2. The van der Waals surface area contributed by atoms with E-state index in [1.54, 1.807) is 0 Å². The van der Waals surface area contributed by atoms with Crippen molar-refractivity contribution in [3.05, 3.63) is 90.5 Å². The Bertz CT molecular complexity index is 760. The van der Waals surface area contributed by atoms with Crippen molar-refractivity contribution in [2.75, 3.05) is 0 Å². The van der Waals surface area contributed by atoms with Crippen molar-refractivity contribution >= 4 is 23.8 Å². The summed E-state index contributed by atoms with van der Waals surface area (Å²) in [5.41, 5.74) is -0.663. The van der Waals surface area contributed by atoms with Gasteiger partial charge >= 0.3 is 6.18 Å². The van der Waals surface area contributed by atoms with E-state index in [2.05, 4.69) is 0 Å². The lowest BCUT2D eigenvalue weighted by Gasteiger charge is -2.28. The van der Waals surface area contributed by atoms with Crippen LogP contribution in [0.1, 0.15) is 5.56 Å². The van der Waals surface area contributed by atoms with Crippen LogP contribution in [0.2, 0.25) is 0 Å². The second-order valence-electron chi connectivity index (χ2n) is 5.62. The molecule has 0 bridgehead atoms. The van der Waals surface area contributed by atoms with Crippen molar-refractivity contribution in [2.24, 2.45) is 5.40 Å². The van der Waals surface area contributed by atoms with E-state index >= 15 is 0 Å². The fraction of sp³-hybridized carbons (Fsp3) is 0.0526. The average molecular weight is 343 g/mol. The molecule has 0 spiro atoms. The maximum Gasteiger partial charge on any atom is 0.416 e. The van der Waals surface area contributed by atoms with Gasteiger partial charge in [0, 0.05) is 0 Å². The van der Waals surface area contributed by atoms with Crippen molar-refractivity contribution in [3.63, 3.8) is 0 Å². The fourth-order valence-corrected chi connectivity index (χ4v) is 5.95. The quantitative estimate of drug-likeness (QED) is 0.574. The zero-order valence-corrected chi connectivity index (χ0v) is 13.8. The summed E-state index contributed by atoms with van der Waals surface area (Å²) in [5.74, 6) is 0. The second-order valence-corrected chi connectivity index (χ2v) is 8.96. The number of halogens is 3. The van der Waals surface area contributed by atoms with Crippen LogP contribution in [0.3, 0.4) is 0 Å². The molecule has 0 aliphatic heterocycles. The molecule has 0 aliphatic carbocycles. The van der Waals surface area contributed by atoms with E-state index in [0.29, 0.717) is 0 Å². The van der Waals surface area contributed by atoms with Crippen molar-refractivity contribution in [3.8, 4) is 0 Å². The predicted molar refractivity (Wildman–Crippen MR) is 93.2 cm³/mol. The summed E-state index contributed by atoms with van der Waals surface area (Å²) in [6, 6.07) is 24.4. The van der Waals surface area contributed by atoms with Gasteiger partial charge in [0.15, 0.2) is 0 Å². The second kappa shape index (κ2) is 6.26. The van der Waals surface area contributed by atoms with E-state index in [4.69, 9.17) is 5.40 Å². The van der Waals surface area contributed by atoms with E-state index in [-0.39, 0.29) is 0 Å². The maximum atomic E-state index is 12.8. The summed E-state index contributed by atoms with van der Waals surface area (Å²) >= 11 is 0. The standard InChI is InChI=1S/C19H16F3NSi/c20-19(21,22)15-11-13-18(14-12-15)24(23,16-7-3-1-4-8-16)17-9-5-2-6-10-17/h1-14H,23H2. The van der Waals surface area contributed by atoms with Crippen LogP contribution < -0.4 is 21.0 Å². The van der Waals surface area contributed by atoms with Gasteiger partial charge in [0.1, 0.15) is 0 Å². The van der Waals surface area contributed by atoms with E-state index in [0.717, 1.165) is 27.7 Å². The van der Waals surface area contributed by atoms with Gasteiger partial charge in [0.2, 0.25) is 8.24 Å². The Morgan fingerprint density at radius 1 is 0.583 bits per heavy atom. The number of hydrogen-bond acceptors (Lipinski definition) is 1. The van der Waals surface area contributed by atoms with Crippen molar-refractivity contribution < 1.29 is 13.2 Å². The highest BCUT2D eigenvalue weighted by atomic mass is 28.3. The monoisotopic (exact) mass is 343 g/mol. The minimum Gasteiger partial charge on any atom is -0.340 e. The van der Waals surface area contributed by atoms with Gasteiger partial charge in [-0.15, -0.1) is 0 Å². The first-order valence-corrected chi connectivity index (χ1v) is 9.58. The zero-order chi connectivity index (χ0) is 17.2. The summed E-state index contributed by atoms with van der Waals surface area (Å²) < 4.78 is 38.5. The highest BCUT2D eigenvalue weighted by Gasteiger charge is 2.37. The molecule has 1 nitrogen and oxygen atoms in total. The lowest BCUT2D eigenvalue weighted by molar-refractivity contribution is -0.137. The van der Waals surface area contributed by atoms with Gasteiger partial charge in [0.25, 0.3) is 0 Å². The first-order valence-electron chi connectivity index (χ1n) is 7.50. The number of benzene rings is 3. The largest absolute Gasteiger partial charge is 0.416 e. The molecule has 0 saturated heterocycles. The van der Waals surface area contributed by atoms with E-state index in [9.17, 15) is 13.2 Å². The van der Waals surface area contributed by atoms with E-state index in [1.165, 1.54) is 12.1 Å². The zero-order valence-electron chi connectivity index (χ0n) is 12.8. The Morgan fingerprint density at radius 3 is 1.33 bits per heavy atom. The fourth-order valence-electron chi connectivity index (χ4n) is 2.82. The van der Waals surface area contributed by atoms with Crippen LogP contribution in [-0.4, -0.2) is 8.24 Å². The van der Waals surface area contributed by atoms with Crippen molar-refractivity contribution in [1.82, 2.24) is 0 Å². The lowest BCUT2D eigenvalue weighted by Crippen LogP contribution is -2.74. The molecule has 0 aromatic heterocycles. The average Bonchev–Trinajstić information content (AvgIpc) is 2.62. The molecule has 24 heavy (non-hydrogen) atoms. The van der Waals surface area contributed by atoms with Crippen LogP contribution in [0.4, 0.5) is 13.2 Å². The molecule has 5 heteroatoms. The molecule has 0 heterocycles. The van der Waals surface area contributed by atoms with Crippen LogP contribution in [0, 0.1) is 0 Å². The van der Waals surface area contributed by atoms with E-state index in [1.807, 2.05) is 60.7 Å². The molecule has 122 valence electrons. The Hall–Kier alpha value is -2.37. The molecule has 0 radical (unpaired) electrons. The van der Waals surface area contributed by atoms with Crippen molar-refractivity contribution in [2.45, 2.75) is 6.18 Å². The summed E-state index contributed by atoms with van der Waals surface area (Å²) in [6.07, 6.45) is -4.35. The summed E-state index contributed by atoms with van der Waals surface area (Å²) in [7, 11) is -2.83.